The van der Waals surface area contributed by atoms with E-state index in [9.17, 15) is 0 Å². The van der Waals surface area contributed by atoms with Gasteiger partial charge in [0.05, 0.1) is 0 Å². The van der Waals surface area contributed by atoms with Gasteiger partial charge >= 0.3 is 0 Å². The number of rotatable bonds is 3. The monoisotopic (exact) mass is 451 g/mol. The van der Waals surface area contributed by atoms with Crippen molar-refractivity contribution in [3.63, 3.8) is 0 Å². The van der Waals surface area contributed by atoms with Gasteiger partial charge in [0.1, 0.15) is 0 Å². The molecular formula is C33H41N. The summed E-state index contributed by atoms with van der Waals surface area (Å²) in [4.78, 5) is 2.60. The Morgan fingerprint density at radius 2 is 1.35 bits per heavy atom. The lowest BCUT2D eigenvalue weighted by molar-refractivity contribution is 0.224. The summed E-state index contributed by atoms with van der Waals surface area (Å²) in [5, 5.41) is 0. The molecule has 1 saturated carbocycles. The molecule has 0 aliphatic heterocycles. The lowest BCUT2D eigenvalue weighted by atomic mass is 9.70. The van der Waals surface area contributed by atoms with Gasteiger partial charge < -0.3 is 4.90 Å². The predicted molar refractivity (Wildman–Crippen MR) is 147 cm³/mol. The maximum Gasteiger partial charge on any atom is 0.0454 e. The Balaban J connectivity index is 1.75. The highest BCUT2D eigenvalue weighted by Gasteiger charge is 2.39. The summed E-state index contributed by atoms with van der Waals surface area (Å²) in [5.41, 5.74) is 10.5. The third-order valence-corrected chi connectivity index (χ3v) is 8.44. The molecule has 3 aromatic rings. The van der Waals surface area contributed by atoms with E-state index in [2.05, 4.69) is 120 Å². The van der Waals surface area contributed by atoms with Crippen LogP contribution >= 0.6 is 0 Å². The van der Waals surface area contributed by atoms with E-state index in [1.54, 1.807) is 5.56 Å². The molecule has 2 aliphatic carbocycles. The molecule has 0 unspecified atom stereocenters. The minimum absolute atomic E-state index is 0.00794. The van der Waals surface area contributed by atoms with Crippen LogP contribution in [0.1, 0.15) is 96.8 Å². The maximum atomic E-state index is 2.60. The van der Waals surface area contributed by atoms with Crippen molar-refractivity contribution < 1.29 is 0 Å². The zero-order valence-corrected chi connectivity index (χ0v) is 22.2. The largest absolute Gasteiger partial charge is 0.336 e. The van der Waals surface area contributed by atoms with Crippen LogP contribution in [0, 0.1) is 5.41 Å². The number of fused-ring (bicyclic) bond motifs is 3. The Morgan fingerprint density at radius 1 is 0.735 bits per heavy atom. The van der Waals surface area contributed by atoms with Gasteiger partial charge in [-0.25, -0.2) is 0 Å². The van der Waals surface area contributed by atoms with Gasteiger partial charge in [0.2, 0.25) is 0 Å². The molecule has 2 aliphatic rings. The minimum Gasteiger partial charge on any atom is -0.336 e. The molecule has 0 atom stereocenters. The smallest absolute Gasteiger partial charge is 0.0454 e. The van der Waals surface area contributed by atoms with Crippen molar-refractivity contribution in [1.29, 1.82) is 0 Å². The van der Waals surface area contributed by atoms with Gasteiger partial charge in [0.15, 0.2) is 0 Å². The molecular weight excluding hydrogens is 410 g/mol. The highest BCUT2D eigenvalue weighted by molar-refractivity contribution is 5.85. The average Bonchev–Trinajstić information content (AvgIpc) is 3.00. The van der Waals surface area contributed by atoms with Crippen LogP contribution in [0.2, 0.25) is 0 Å². The van der Waals surface area contributed by atoms with Crippen molar-refractivity contribution in [2.75, 3.05) is 4.90 Å². The van der Waals surface area contributed by atoms with Gasteiger partial charge in [-0.3, -0.25) is 0 Å². The molecule has 1 fully saturated rings. The SMILES string of the molecule is CC1(C)CCC(c2cc3c(cc2N(c2ccccc2)C(C)(C)C)C(C)(C)c2ccccc2-3)CC1. The molecule has 178 valence electrons. The lowest BCUT2D eigenvalue weighted by Crippen LogP contribution is -2.38. The fourth-order valence-electron chi connectivity index (χ4n) is 6.45. The highest BCUT2D eigenvalue weighted by atomic mass is 15.2. The van der Waals surface area contributed by atoms with Gasteiger partial charge in [-0.15, -0.1) is 0 Å². The Morgan fingerprint density at radius 3 is 2.00 bits per heavy atom. The minimum atomic E-state index is -0.0339. The van der Waals surface area contributed by atoms with Gasteiger partial charge in [-0.1, -0.05) is 70.2 Å². The van der Waals surface area contributed by atoms with E-state index in [4.69, 9.17) is 0 Å². The fourth-order valence-corrected chi connectivity index (χ4v) is 6.45. The van der Waals surface area contributed by atoms with Crippen molar-refractivity contribution in [2.45, 2.75) is 91.0 Å². The van der Waals surface area contributed by atoms with Crippen molar-refractivity contribution in [2.24, 2.45) is 5.41 Å². The number of hydrogen-bond acceptors (Lipinski definition) is 1. The molecule has 0 amide bonds. The van der Waals surface area contributed by atoms with Crippen LogP contribution in [-0.2, 0) is 5.41 Å². The molecule has 0 N–H and O–H groups in total. The number of anilines is 2. The van der Waals surface area contributed by atoms with Crippen molar-refractivity contribution in [3.8, 4) is 11.1 Å². The van der Waals surface area contributed by atoms with E-state index in [0.717, 1.165) is 0 Å². The summed E-state index contributed by atoms with van der Waals surface area (Å²) in [5.74, 6) is 0.609. The van der Waals surface area contributed by atoms with E-state index in [0.29, 0.717) is 11.3 Å². The van der Waals surface area contributed by atoms with Crippen LogP contribution in [-0.4, -0.2) is 5.54 Å². The molecule has 3 aromatic carbocycles. The van der Waals surface area contributed by atoms with Crippen molar-refractivity contribution in [1.82, 2.24) is 0 Å². The molecule has 0 saturated heterocycles. The van der Waals surface area contributed by atoms with Gasteiger partial charge in [-0.2, -0.15) is 0 Å². The first-order valence-electron chi connectivity index (χ1n) is 13.1. The highest BCUT2D eigenvalue weighted by Crippen LogP contribution is 2.54. The summed E-state index contributed by atoms with van der Waals surface area (Å²) in [6.45, 7) is 16.7. The summed E-state index contributed by atoms with van der Waals surface area (Å²) in [6.07, 6.45) is 5.15. The Kier molecular flexibility index (Phi) is 5.47. The van der Waals surface area contributed by atoms with Crippen molar-refractivity contribution >= 4 is 11.4 Å². The van der Waals surface area contributed by atoms with Gasteiger partial charge in [0.25, 0.3) is 0 Å². The van der Waals surface area contributed by atoms with Crippen LogP contribution in [0.5, 0.6) is 0 Å². The molecule has 1 heteroatoms. The van der Waals surface area contributed by atoms with E-state index in [-0.39, 0.29) is 11.0 Å². The second kappa shape index (κ2) is 8.01. The number of benzene rings is 3. The third-order valence-electron chi connectivity index (χ3n) is 8.44. The lowest BCUT2D eigenvalue weighted by Gasteiger charge is -2.42. The summed E-state index contributed by atoms with van der Waals surface area (Å²) < 4.78 is 0. The average molecular weight is 452 g/mol. The topological polar surface area (TPSA) is 3.24 Å². The summed E-state index contributed by atoms with van der Waals surface area (Å²) in [7, 11) is 0. The quantitative estimate of drug-likeness (QED) is 0.383. The fraction of sp³-hybridized carbons (Fsp3) is 0.455. The van der Waals surface area contributed by atoms with E-state index >= 15 is 0 Å². The van der Waals surface area contributed by atoms with E-state index in [1.165, 1.54) is 59.3 Å². The van der Waals surface area contributed by atoms with Crippen LogP contribution in [0.3, 0.4) is 0 Å². The Hall–Kier alpha value is -2.54. The molecule has 0 spiro atoms. The normalized spacial score (nSPS) is 18.9. The maximum absolute atomic E-state index is 2.60. The molecule has 0 aromatic heterocycles. The standard InChI is InChI=1S/C33H41N/c1-31(2,3)34(24-13-9-8-10-14-24)30-22-29-27(25-15-11-12-16-28(25)33(29,6)7)21-26(30)23-17-19-32(4,5)20-18-23/h8-16,21-23H,17-20H2,1-7H3. The van der Waals surface area contributed by atoms with Gasteiger partial charge in [0, 0.05) is 22.3 Å². The van der Waals surface area contributed by atoms with Crippen LogP contribution in [0.15, 0.2) is 66.7 Å². The summed E-state index contributed by atoms with van der Waals surface area (Å²) in [6, 6.07) is 25.2. The molecule has 0 heterocycles. The second-order valence-electron chi connectivity index (χ2n) is 12.9. The van der Waals surface area contributed by atoms with Crippen molar-refractivity contribution in [3.05, 3.63) is 83.4 Å². The third kappa shape index (κ3) is 3.88. The van der Waals surface area contributed by atoms with Crippen LogP contribution < -0.4 is 4.90 Å². The Bertz CT molecular complexity index is 1180. The first kappa shape index (κ1) is 23.2. The Labute approximate surface area is 207 Å². The predicted octanol–water partition coefficient (Wildman–Crippen LogP) is 9.61. The first-order valence-corrected chi connectivity index (χ1v) is 13.1. The number of para-hydroxylation sites is 1. The molecule has 1 nitrogen and oxygen atoms in total. The van der Waals surface area contributed by atoms with E-state index < -0.39 is 0 Å². The molecule has 5 rings (SSSR count). The first-order chi connectivity index (χ1) is 16.0. The molecule has 0 radical (unpaired) electrons. The zero-order chi connectivity index (χ0) is 24.3. The van der Waals surface area contributed by atoms with E-state index in [1.807, 2.05) is 0 Å². The number of nitrogens with zero attached hydrogens (tertiary/aromatic N) is 1. The zero-order valence-electron chi connectivity index (χ0n) is 22.2. The number of hydrogen-bond donors (Lipinski definition) is 0. The second-order valence-corrected chi connectivity index (χ2v) is 12.9. The van der Waals surface area contributed by atoms with Crippen LogP contribution in [0.25, 0.3) is 11.1 Å². The summed E-state index contributed by atoms with van der Waals surface area (Å²) >= 11 is 0. The van der Waals surface area contributed by atoms with Crippen LogP contribution in [0.4, 0.5) is 11.4 Å². The molecule has 0 bridgehead atoms. The van der Waals surface area contributed by atoms with Gasteiger partial charge in [-0.05, 0) is 110 Å². The molecule has 34 heavy (non-hydrogen) atoms.